The van der Waals surface area contributed by atoms with E-state index in [1.807, 2.05) is 13.0 Å². The molecular formula is C33H46N2O3Si. The molecule has 210 valence electrons. The fourth-order valence-electron chi connectivity index (χ4n) is 4.82. The number of hydrogen-bond acceptors (Lipinski definition) is 4. The first-order valence-corrected chi connectivity index (χ1v) is 16.9. The normalized spacial score (nSPS) is 13.5. The van der Waals surface area contributed by atoms with Crippen molar-refractivity contribution in [2.24, 2.45) is 5.92 Å². The van der Waals surface area contributed by atoms with Gasteiger partial charge in [0.25, 0.3) is 0 Å². The number of ether oxygens (including phenoxy) is 2. The van der Waals surface area contributed by atoms with Crippen LogP contribution in [0.1, 0.15) is 62.0 Å². The summed E-state index contributed by atoms with van der Waals surface area (Å²) in [5.41, 5.74) is 4.48. The van der Waals surface area contributed by atoms with Crippen molar-refractivity contribution >= 4 is 8.32 Å². The van der Waals surface area contributed by atoms with Crippen LogP contribution >= 0.6 is 0 Å². The van der Waals surface area contributed by atoms with Gasteiger partial charge in [-0.1, -0.05) is 51.1 Å². The molecule has 0 aliphatic heterocycles. The van der Waals surface area contributed by atoms with Gasteiger partial charge in [0, 0.05) is 30.4 Å². The Labute approximate surface area is 236 Å². The highest BCUT2D eigenvalue weighted by Gasteiger charge is 2.41. The average Bonchev–Trinajstić information content (AvgIpc) is 3.34. The minimum absolute atomic E-state index is 0.0616. The van der Waals surface area contributed by atoms with Crippen molar-refractivity contribution in [2.45, 2.75) is 84.2 Å². The summed E-state index contributed by atoms with van der Waals surface area (Å²) in [4.78, 5) is 0. The van der Waals surface area contributed by atoms with E-state index in [1.165, 1.54) is 5.56 Å². The van der Waals surface area contributed by atoms with Crippen LogP contribution in [-0.2, 0) is 23.8 Å². The van der Waals surface area contributed by atoms with E-state index in [9.17, 15) is 5.26 Å². The second-order valence-electron chi connectivity index (χ2n) is 12.0. The monoisotopic (exact) mass is 546 g/mol. The van der Waals surface area contributed by atoms with Crippen molar-refractivity contribution in [2.75, 3.05) is 14.2 Å². The predicted molar refractivity (Wildman–Crippen MR) is 162 cm³/mol. The van der Waals surface area contributed by atoms with E-state index in [1.54, 1.807) is 14.2 Å². The molecule has 1 aromatic heterocycles. The second-order valence-corrected chi connectivity index (χ2v) is 16.8. The van der Waals surface area contributed by atoms with Crippen LogP contribution in [0, 0.1) is 24.2 Å². The van der Waals surface area contributed by atoms with Gasteiger partial charge in [-0.05, 0) is 79.2 Å². The highest BCUT2D eigenvalue weighted by molar-refractivity contribution is 6.74. The summed E-state index contributed by atoms with van der Waals surface area (Å²) in [6.45, 7) is 14.3. The quantitative estimate of drug-likeness (QED) is 0.202. The Morgan fingerprint density at radius 3 is 2.18 bits per heavy atom. The van der Waals surface area contributed by atoms with Crippen molar-refractivity contribution in [1.82, 2.24) is 4.57 Å². The van der Waals surface area contributed by atoms with Gasteiger partial charge in [-0.15, -0.1) is 0 Å². The molecule has 2 aromatic carbocycles. The van der Waals surface area contributed by atoms with E-state index in [0.29, 0.717) is 6.42 Å². The number of aryl methyl sites for hydroxylation is 1. The third kappa shape index (κ3) is 8.00. The molecule has 0 saturated heterocycles. The van der Waals surface area contributed by atoms with Crippen LogP contribution < -0.4 is 9.47 Å². The zero-order valence-corrected chi connectivity index (χ0v) is 26.1. The van der Waals surface area contributed by atoms with Gasteiger partial charge in [-0.2, -0.15) is 5.26 Å². The summed E-state index contributed by atoms with van der Waals surface area (Å²) >= 11 is 0. The summed E-state index contributed by atoms with van der Waals surface area (Å²) in [7, 11) is 1.28. The van der Waals surface area contributed by atoms with Crippen molar-refractivity contribution < 1.29 is 13.9 Å². The van der Waals surface area contributed by atoms with Gasteiger partial charge >= 0.3 is 0 Å². The number of hydrogen-bond donors (Lipinski definition) is 0. The second kappa shape index (κ2) is 13.4. The smallest absolute Gasteiger partial charge is 0.192 e. The Morgan fingerprint density at radius 2 is 1.62 bits per heavy atom. The third-order valence-corrected chi connectivity index (χ3v) is 12.6. The van der Waals surface area contributed by atoms with E-state index in [-0.39, 0.29) is 17.1 Å². The highest BCUT2D eigenvalue weighted by Crippen LogP contribution is 2.45. The van der Waals surface area contributed by atoms with E-state index < -0.39 is 8.32 Å². The lowest BCUT2D eigenvalue weighted by Crippen LogP contribution is -2.43. The first-order chi connectivity index (χ1) is 18.5. The lowest BCUT2D eigenvalue weighted by atomic mass is 9.89. The molecule has 3 rings (SSSR count). The van der Waals surface area contributed by atoms with Gasteiger partial charge in [0.1, 0.15) is 11.5 Å². The largest absolute Gasteiger partial charge is 0.496 e. The summed E-state index contributed by atoms with van der Waals surface area (Å²) in [5, 5.41) is 9.26. The molecule has 0 fully saturated rings. The fraction of sp³-hybridized carbons (Fsp3) is 0.485. The van der Waals surface area contributed by atoms with E-state index in [4.69, 9.17) is 13.9 Å². The van der Waals surface area contributed by atoms with Crippen molar-refractivity contribution in [1.29, 1.82) is 5.26 Å². The minimum Gasteiger partial charge on any atom is -0.496 e. The number of rotatable bonds is 13. The Bertz CT molecular complexity index is 1210. The molecule has 0 bridgehead atoms. The van der Waals surface area contributed by atoms with Crippen LogP contribution in [0.3, 0.4) is 0 Å². The number of aromatic nitrogens is 1. The molecule has 0 radical (unpaired) electrons. The van der Waals surface area contributed by atoms with Crippen molar-refractivity contribution in [3.05, 3.63) is 83.2 Å². The Balaban J connectivity index is 2.05. The maximum atomic E-state index is 9.20. The SMILES string of the molecule is COc1cc([C@@H](O[Si](C)(C)C(C)(C)C)[C@@H](CCCc2ccccc2)Cn2ccc(CC#N)c2)cc(OC)c1C. The zero-order chi connectivity index (χ0) is 28.6. The van der Waals surface area contributed by atoms with Crippen molar-refractivity contribution in [3.8, 4) is 17.6 Å². The molecule has 2 atom stereocenters. The Morgan fingerprint density at radius 1 is 0.974 bits per heavy atom. The van der Waals surface area contributed by atoms with E-state index >= 15 is 0 Å². The fourth-order valence-corrected chi connectivity index (χ4v) is 6.14. The molecule has 0 saturated carbocycles. The topological polar surface area (TPSA) is 56.4 Å². The molecule has 0 spiro atoms. The highest BCUT2D eigenvalue weighted by atomic mass is 28.4. The van der Waals surface area contributed by atoms with Gasteiger partial charge in [0.2, 0.25) is 0 Å². The lowest BCUT2D eigenvalue weighted by Gasteiger charge is -2.42. The van der Waals surface area contributed by atoms with Gasteiger partial charge in [-0.3, -0.25) is 0 Å². The molecule has 39 heavy (non-hydrogen) atoms. The van der Waals surface area contributed by atoms with Crippen LogP contribution in [0.2, 0.25) is 18.1 Å². The van der Waals surface area contributed by atoms with Gasteiger partial charge in [-0.25, -0.2) is 0 Å². The van der Waals surface area contributed by atoms with Crippen LogP contribution in [0.25, 0.3) is 0 Å². The predicted octanol–water partition coefficient (Wildman–Crippen LogP) is 8.28. The number of benzene rings is 2. The maximum absolute atomic E-state index is 9.20. The molecule has 0 unspecified atom stereocenters. The molecular weight excluding hydrogens is 500 g/mol. The van der Waals surface area contributed by atoms with Crippen molar-refractivity contribution in [3.63, 3.8) is 0 Å². The molecule has 0 aliphatic rings. The van der Waals surface area contributed by atoms with Crippen LogP contribution in [0.5, 0.6) is 11.5 Å². The lowest BCUT2D eigenvalue weighted by molar-refractivity contribution is 0.0993. The van der Waals surface area contributed by atoms with Crippen LogP contribution in [0.4, 0.5) is 0 Å². The van der Waals surface area contributed by atoms with Gasteiger partial charge < -0.3 is 18.5 Å². The standard InChI is InChI=1S/C33H46N2O3Si/c1-25-30(36-5)21-29(22-31(25)37-6)32(38-39(7,8)33(2,3)4)28(16-12-15-26-13-10-9-11-14-26)24-35-20-18-27(23-35)17-19-34/h9-11,13-14,18,20-23,28,32H,12,15-17,24H2,1-8H3/t28-,32-/m0/s1. The third-order valence-electron chi connectivity index (χ3n) is 8.18. The molecule has 5 nitrogen and oxygen atoms in total. The first kappa shape index (κ1) is 30.5. The number of methoxy groups -OCH3 is 2. The molecule has 0 aliphatic carbocycles. The first-order valence-electron chi connectivity index (χ1n) is 13.9. The van der Waals surface area contributed by atoms with Gasteiger partial charge in [0.05, 0.1) is 32.8 Å². The van der Waals surface area contributed by atoms with Gasteiger partial charge in [0.15, 0.2) is 8.32 Å². The maximum Gasteiger partial charge on any atom is 0.192 e. The molecule has 6 heteroatoms. The Kier molecular flexibility index (Phi) is 10.5. The molecule has 3 aromatic rings. The summed E-state index contributed by atoms with van der Waals surface area (Å²) in [6, 6.07) is 19.3. The number of nitriles is 1. The summed E-state index contributed by atoms with van der Waals surface area (Å²) < 4.78 is 21.1. The summed E-state index contributed by atoms with van der Waals surface area (Å²) in [5.74, 6) is 1.84. The number of nitrogens with zero attached hydrogens (tertiary/aromatic N) is 2. The molecule has 0 N–H and O–H groups in total. The summed E-state index contributed by atoms with van der Waals surface area (Å²) in [6.07, 6.45) is 7.56. The minimum atomic E-state index is -2.14. The molecule has 1 heterocycles. The zero-order valence-electron chi connectivity index (χ0n) is 25.1. The average molecular weight is 547 g/mol. The molecule has 0 amide bonds. The van der Waals surface area contributed by atoms with Crippen LogP contribution in [0.15, 0.2) is 60.9 Å². The van der Waals surface area contributed by atoms with E-state index in [0.717, 1.165) is 54.0 Å². The van der Waals surface area contributed by atoms with E-state index in [2.05, 4.69) is 99.4 Å². The Hall–Kier alpha value is -3.01. The van der Waals surface area contributed by atoms with Crippen LogP contribution in [-0.4, -0.2) is 27.1 Å².